The average molecular weight is 924 g/mol. The Bertz CT molecular complexity index is 4180. The lowest BCUT2D eigenvalue weighted by Crippen LogP contribution is -2.56. The highest BCUT2D eigenvalue weighted by atomic mass is 14.3. The Morgan fingerprint density at radius 3 is 0.693 bits per heavy atom. The molecule has 0 nitrogen and oxygen atoms in total. The maximum absolute atomic E-state index is 2.50. The van der Waals surface area contributed by atoms with E-state index in [0.29, 0.717) is 0 Å². The third-order valence-corrected chi connectivity index (χ3v) is 22.2. The predicted octanol–water partition coefficient (Wildman–Crippen LogP) is -38.1. The molecule has 0 saturated carbocycles. The van der Waals surface area contributed by atoms with Crippen LogP contribution in [0.1, 0.15) is 0 Å². The topological polar surface area (TPSA) is 0 Å². The minimum atomic E-state index is 0.986. The first-order valence-corrected chi connectivity index (χ1v) is 28.2. The van der Waals surface area contributed by atoms with Crippen molar-refractivity contribution in [3.63, 3.8) is 0 Å². The number of rotatable bonds is 3. The Morgan fingerprint density at radius 1 is 0.120 bits per heavy atom. The van der Waals surface area contributed by atoms with Crippen LogP contribution in [0.15, 0.2) is 0 Å². The molecule has 0 bridgehead atoms. The second-order valence-corrected chi connectivity index (χ2v) is 24.6. The van der Waals surface area contributed by atoms with Gasteiger partial charge in [0.2, 0.25) is 0 Å². The predicted molar refractivity (Wildman–Crippen MR) is 434 cm³/mol. The van der Waals surface area contributed by atoms with Crippen LogP contribution < -0.4 is 164 Å². The van der Waals surface area contributed by atoms with E-state index in [-0.39, 0.29) is 0 Å². The van der Waals surface area contributed by atoms with E-state index >= 15 is 0 Å². The van der Waals surface area contributed by atoms with Crippen LogP contribution in [0.25, 0.3) is 87.6 Å². The van der Waals surface area contributed by atoms with E-state index in [1.807, 2.05) is 0 Å². The highest BCUT2D eigenvalue weighted by molar-refractivity contribution is 6.87. The molecule has 1 heterocycles. The van der Waals surface area contributed by atoms with E-state index in [4.69, 9.17) is 0 Å². The monoisotopic (exact) mass is 929 g/mol. The van der Waals surface area contributed by atoms with Gasteiger partial charge in [0.1, 0.15) is 220 Å². The second-order valence-electron chi connectivity index (χ2n) is 24.6. The van der Waals surface area contributed by atoms with Gasteiger partial charge in [-0.05, 0) is 87.6 Å². The van der Waals surface area contributed by atoms with Gasteiger partial charge in [0.15, 0.2) is 7.28 Å². The van der Waals surface area contributed by atoms with Crippen molar-refractivity contribution < 1.29 is 0 Å². The van der Waals surface area contributed by atoms with Crippen molar-refractivity contribution in [2.45, 2.75) is 0 Å². The lowest BCUT2D eigenvalue weighted by atomic mass is 9.54. The average Bonchev–Trinajstić information content (AvgIpc) is 3.80. The van der Waals surface area contributed by atoms with Gasteiger partial charge in [-0.3, -0.25) is 0 Å². The van der Waals surface area contributed by atoms with Crippen molar-refractivity contribution in [3.8, 4) is 44.5 Å². The molecule has 0 aromatic heterocycles. The summed E-state index contributed by atoms with van der Waals surface area (Å²) >= 11 is 0. The molecule has 1 aliphatic heterocycles. The van der Waals surface area contributed by atoms with E-state index in [2.05, 4.69) is 220 Å². The van der Waals surface area contributed by atoms with Crippen LogP contribution in [0, 0.1) is 0 Å². The van der Waals surface area contributed by atoms with Gasteiger partial charge in [0.25, 0.3) is 0 Å². The molecule has 0 amide bonds. The quantitative estimate of drug-likeness (QED) is 0.122. The standard InChI is InChI=1S/C46H57B29/c47-17-7(12-27(57)41(71)43(73)42(72)28(12)58)8-11(26(56)38(68)37(67)25(8)55)18(48)9(17)1-3-5(23(53)35(65)33(63)21(3)51)2(6-4(1)22(52)34(64)36(66)24(6)54)10-19(49)16-15-20(50)13-14(30(60)40(70)39(69)29(13)59)32(62)45(15)75-46(16)44(74)31(10)61/h75H,47-74H2. The van der Waals surface area contributed by atoms with Crippen LogP contribution in [-0.2, 0) is 0 Å². The lowest BCUT2D eigenvalue weighted by molar-refractivity contribution is 1.82. The molecule has 0 aliphatic carbocycles. The molecule has 75 heavy (non-hydrogen) atoms. The lowest BCUT2D eigenvalue weighted by Gasteiger charge is -2.33. The van der Waals surface area contributed by atoms with Gasteiger partial charge in [-0.25, -0.2) is 0 Å². The van der Waals surface area contributed by atoms with Gasteiger partial charge < -0.3 is 0 Å². The van der Waals surface area contributed by atoms with Crippen LogP contribution in [0.4, 0.5) is 0 Å². The Kier molecular flexibility index (Phi) is 13.2. The molecule has 9 aromatic carbocycles. The molecule has 0 spiro atoms. The van der Waals surface area contributed by atoms with Crippen molar-refractivity contribution in [2.75, 3.05) is 0 Å². The highest BCUT2D eigenvalue weighted by Gasteiger charge is 2.35. The smallest absolute Gasteiger partial charge is 0.102 e. The van der Waals surface area contributed by atoms with Gasteiger partial charge in [0.05, 0.1) is 0 Å². The normalized spacial score (nSPS) is 12.0. The largest absolute Gasteiger partial charge is 0.192 e. The van der Waals surface area contributed by atoms with Crippen molar-refractivity contribution in [1.29, 1.82) is 0 Å². The Morgan fingerprint density at radius 2 is 0.320 bits per heavy atom. The summed E-state index contributed by atoms with van der Waals surface area (Å²) in [6.45, 7) is 0. The first-order chi connectivity index (χ1) is 35.0. The molecule has 29 heteroatoms. The molecule has 0 unspecified atom stereocenters. The SMILES string of the molecule is Bc1c(B)c(B)c(-c2c(B)c(-c3c4c(B)c(B)c(B)c(B)c4c(-c4c(B)c(B)c5c(c4B)-c4c(c(B)c6c(B)c(B)c(B)c(B)c6c4B)B5)c4c(B)c(B)c(B)c(B)c34)c(B)c3c(B)c(B)c(B)c(B)c23)c(B)c1B. The second kappa shape index (κ2) is 18.2. The minimum Gasteiger partial charge on any atom is -0.102 e. The molecule has 0 N–H and O–H groups in total. The highest BCUT2D eigenvalue weighted by Crippen LogP contribution is 2.40. The van der Waals surface area contributed by atoms with Gasteiger partial charge in [-0.2, -0.15) is 0 Å². The molecule has 1 aliphatic rings. The van der Waals surface area contributed by atoms with E-state index in [1.54, 1.807) is 0 Å². The van der Waals surface area contributed by atoms with Crippen LogP contribution in [0.3, 0.4) is 0 Å². The van der Waals surface area contributed by atoms with Crippen LogP contribution in [-0.4, -0.2) is 227 Å². The molecule has 328 valence electrons. The summed E-state index contributed by atoms with van der Waals surface area (Å²) in [4.78, 5) is 0. The summed E-state index contributed by atoms with van der Waals surface area (Å²) in [5.41, 5.74) is 54.2. The summed E-state index contributed by atoms with van der Waals surface area (Å²) < 4.78 is 0. The molecule has 0 atom stereocenters. The fourth-order valence-electron chi connectivity index (χ4n) is 15.8. The number of benzene rings is 9. The maximum atomic E-state index is 2.50. The summed E-state index contributed by atoms with van der Waals surface area (Å²) in [5.74, 6) is 0. The summed E-state index contributed by atoms with van der Waals surface area (Å²) in [7, 11) is 68.4. The van der Waals surface area contributed by atoms with Gasteiger partial charge >= 0.3 is 0 Å². The van der Waals surface area contributed by atoms with Gasteiger partial charge in [-0.15, -0.1) is 60.1 Å². The summed E-state index contributed by atoms with van der Waals surface area (Å²) in [6, 6.07) is 0. The molecule has 10 rings (SSSR count). The molecule has 0 fully saturated rings. The fraction of sp³-hybridized carbons (Fsp3) is 0. The van der Waals surface area contributed by atoms with Crippen LogP contribution in [0.5, 0.6) is 0 Å². The van der Waals surface area contributed by atoms with Crippen LogP contribution >= 0.6 is 0 Å². The third-order valence-electron chi connectivity index (χ3n) is 22.2. The van der Waals surface area contributed by atoms with E-state index in [0.717, 1.165) is 7.28 Å². The molecule has 0 saturated heterocycles. The molecule has 9 aromatic rings. The maximum Gasteiger partial charge on any atom is 0.192 e. The van der Waals surface area contributed by atoms with Crippen molar-refractivity contribution in [2.24, 2.45) is 0 Å². The Hall–Kier alpha value is -4.10. The molecular formula is C46H57B29. The zero-order valence-corrected chi connectivity index (χ0v) is 51.7. The third kappa shape index (κ3) is 6.91. The molecular weight excluding hydrogens is 866 g/mol. The summed E-state index contributed by atoms with van der Waals surface area (Å²) in [6.07, 6.45) is 0. The number of fused-ring (bicyclic) bond motifs is 7. The number of hydrogen-bond acceptors (Lipinski definition) is 0. The zero-order chi connectivity index (χ0) is 55.3. The van der Waals surface area contributed by atoms with E-state index in [9.17, 15) is 0 Å². The fourth-order valence-corrected chi connectivity index (χ4v) is 15.8. The van der Waals surface area contributed by atoms with Crippen LogP contribution in [0.2, 0.25) is 0 Å². The first-order valence-electron chi connectivity index (χ1n) is 28.2. The van der Waals surface area contributed by atoms with Crippen molar-refractivity contribution in [1.82, 2.24) is 0 Å². The zero-order valence-electron chi connectivity index (χ0n) is 51.7. The number of hydrogen-bond donors (Lipinski definition) is 0. The van der Waals surface area contributed by atoms with E-state index in [1.165, 1.54) is 251 Å². The van der Waals surface area contributed by atoms with Gasteiger partial charge in [0, 0.05) is 0 Å². The molecule has 0 radical (unpaired) electrons. The minimum absolute atomic E-state index is 0.986. The Labute approximate surface area is 475 Å². The first kappa shape index (κ1) is 54.3. The van der Waals surface area contributed by atoms with Gasteiger partial charge in [-0.1, -0.05) is 104 Å². The van der Waals surface area contributed by atoms with Crippen molar-refractivity contribution >= 4 is 434 Å². The van der Waals surface area contributed by atoms with Crippen molar-refractivity contribution in [3.05, 3.63) is 0 Å². The van der Waals surface area contributed by atoms with E-state index < -0.39 is 0 Å². The summed E-state index contributed by atoms with van der Waals surface area (Å²) in [5, 5.41) is 11.5. The Balaban J connectivity index is 1.51.